The van der Waals surface area contributed by atoms with E-state index in [4.69, 9.17) is 0 Å². The van der Waals surface area contributed by atoms with Gasteiger partial charge in [0.05, 0.1) is 17.6 Å². The van der Waals surface area contributed by atoms with E-state index in [0.717, 1.165) is 28.8 Å². The predicted molar refractivity (Wildman–Crippen MR) is 93.7 cm³/mol. The first-order valence-electron chi connectivity index (χ1n) is 7.89. The van der Waals surface area contributed by atoms with Crippen molar-refractivity contribution >= 4 is 12.4 Å². The lowest BCUT2D eigenvalue weighted by molar-refractivity contribution is -0.104. The molecular weight excluding hydrogens is 319 g/mol. The molecule has 0 aliphatic carbocycles. The lowest BCUT2D eigenvalue weighted by atomic mass is 10.00. The highest BCUT2D eigenvalue weighted by Gasteiger charge is 2.21. The van der Waals surface area contributed by atoms with Crippen LogP contribution in [0.5, 0.6) is 0 Å². The van der Waals surface area contributed by atoms with Crippen LogP contribution in [0.1, 0.15) is 31.0 Å². The number of hydrogen-bond acceptors (Lipinski definition) is 4. The summed E-state index contributed by atoms with van der Waals surface area (Å²) < 4.78 is 15.0. The minimum atomic E-state index is -0.316. The van der Waals surface area contributed by atoms with Crippen LogP contribution in [0.25, 0.3) is 23.2 Å². The van der Waals surface area contributed by atoms with Gasteiger partial charge in [0, 0.05) is 23.5 Å². The van der Waals surface area contributed by atoms with Crippen molar-refractivity contribution in [2.45, 2.75) is 19.8 Å². The Balaban J connectivity index is 2.32. The highest BCUT2D eigenvalue weighted by atomic mass is 19.1. The number of allylic oxidation sites excluding steroid dienone is 1. The van der Waals surface area contributed by atoms with Crippen LogP contribution >= 0.6 is 0 Å². The number of carbonyl (C=O) groups is 1. The molecule has 126 valence electrons. The fraction of sp³-hybridized carbons (Fsp3) is 0.158. The molecule has 0 aliphatic heterocycles. The fourth-order valence-electron chi connectivity index (χ4n) is 2.63. The van der Waals surface area contributed by atoms with E-state index in [-0.39, 0.29) is 11.7 Å². The first-order chi connectivity index (χ1) is 12.1. The molecule has 3 rings (SSSR count). The maximum atomic E-state index is 13.4. The first kappa shape index (κ1) is 16.7. The number of benzene rings is 1. The van der Waals surface area contributed by atoms with Crippen LogP contribution in [-0.4, -0.2) is 26.0 Å². The third kappa shape index (κ3) is 3.38. The van der Waals surface area contributed by atoms with E-state index in [2.05, 4.69) is 15.1 Å². The van der Waals surface area contributed by atoms with E-state index >= 15 is 0 Å². The molecule has 0 unspecified atom stereocenters. The van der Waals surface area contributed by atoms with E-state index < -0.39 is 0 Å². The smallest absolute Gasteiger partial charge is 0.172 e. The Kier molecular flexibility index (Phi) is 4.79. The van der Waals surface area contributed by atoms with Crippen LogP contribution in [0, 0.1) is 5.82 Å². The Bertz CT molecular complexity index is 899. The van der Waals surface area contributed by atoms with Crippen molar-refractivity contribution in [3.05, 3.63) is 66.0 Å². The molecule has 6 heteroatoms. The summed E-state index contributed by atoms with van der Waals surface area (Å²) in [6.07, 6.45) is 8.65. The van der Waals surface area contributed by atoms with Crippen molar-refractivity contribution in [3.63, 3.8) is 0 Å². The van der Waals surface area contributed by atoms with Crippen molar-refractivity contribution in [2.75, 3.05) is 0 Å². The largest absolute Gasteiger partial charge is 0.299 e. The van der Waals surface area contributed by atoms with Gasteiger partial charge >= 0.3 is 0 Å². The van der Waals surface area contributed by atoms with Gasteiger partial charge < -0.3 is 0 Å². The molecule has 2 heterocycles. The third-order valence-electron chi connectivity index (χ3n) is 3.72. The van der Waals surface area contributed by atoms with Gasteiger partial charge in [-0.2, -0.15) is 5.10 Å². The van der Waals surface area contributed by atoms with Crippen molar-refractivity contribution in [3.8, 4) is 17.1 Å². The Morgan fingerprint density at radius 1 is 1.16 bits per heavy atom. The summed E-state index contributed by atoms with van der Waals surface area (Å²) in [5.41, 5.74) is 3.14. The standard InChI is InChI=1S/C19H17FN4O/c1-13(2)18-16(4-3-11-25)19(14-5-7-15(20)8-6-14)24(23-18)17-12-21-9-10-22-17/h3-13H,1-2H3/b4-3+. The Hall–Kier alpha value is -3.15. The minimum absolute atomic E-state index is 0.128. The minimum Gasteiger partial charge on any atom is -0.299 e. The Labute approximate surface area is 144 Å². The summed E-state index contributed by atoms with van der Waals surface area (Å²) in [6, 6.07) is 6.15. The summed E-state index contributed by atoms with van der Waals surface area (Å²) in [4.78, 5) is 19.3. The van der Waals surface area contributed by atoms with E-state index in [1.54, 1.807) is 41.5 Å². The van der Waals surface area contributed by atoms with Gasteiger partial charge in [-0.25, -0.2) is 14.1 Å². The zero-order valence-corrected chi connectivity index (χ0v) is 13.9. The third-order valence-corrected chi connectivity index (χ3v) is 3.72. The van der Waals surface area contributed by atoms with Gasteiger partial charge in [0.25, 0.3) is 0 Å². The number of rotatable bonds is 5. The van der Waals surface area contributed by atoms with E-state index in [0.29, 0.717) is 5.82 Å². The molecule has 0 radical (unpaired) electrons. The van der Waals surface area contributed by atoms with Gasteiger partial charge in [-0.05, 0) is 42.3 Å². The van der Waals surface area contributed by atoms with Gasteiger partial charge in [-0.3, -0.25) is 9.78 Å². The second kappa shape index (κ2) is 7.17. The summed E-state index contributed by atoms with van der Waals surface area (Å²) in [6.45, 7) is 4.05. The van der Waals surface area contributed by atoms with Gasteiger partial charge in [-0.15, -0.1) is 0 Å². The molecule has 5 nitrogen and oxygen atoms in total. The van der Waals surface area contributed by atoms with Crippen LogP contribution in [0.2, 0.25) is 0 Å². The molecule has 0 saturated heterocycles. The molecule has 0 bridgehead atoms. The summed E-state index contributed by atoms with van der Waals surface area (Å²) in [7, 11) is 0. The lowest BCUT2D eigenvalue weighted by Crippen LogP contribution is -2.03. The van der Waals surface area contributed by atoms with Gasteiger partial charge in [0.1, 0.15) is 12.1 Å². The molecule has 0 atom stereocenters. The number of aromatic nitrogens is 4. The van der Waals surface area contributed by atoms with E-state index in [1.807, 2.05) is 13.8 Å². The van der Waals surface area contributed by atoms with Gasteiger partial charge in [0.15, 0.2) is 5.82 Å². The molecule has 2 aromatic heterocycles. The second-order valence-electron chi connectivity index (χ2n) is 5.78. The maximum absolute atomic E-state index is 13.4. The summed E-state index contributed by atoms with van der Waals surface area (Å²) >= 11 is 0. The van der Waals surface area contributed by atoms with Gasteiger partial charge in [0.2, 0.25) is 0 Å². The lowest BCUT2D eigenvalue weighted by Gasteiger charge is -2.08. The van der Waals surface area contributed by atoms with Gasteiger partial charge in [-0.1, -0.05) is 13.8 Å². The first-order valence-corrected chi connectivity index (χ1v) is 7.89. The monoisotopic (exact) mass is 336 g/mol. The highest BCUT2D eigenvalue weighted by molar-refractivity contribution is 5.81. The number of hydrogen-bond donors (Lipinski definition) is 0. The molecular formula is C19H17FN4O. The Morgan fingerprint density at radius 2 is 1.92 bits per heavy atom. The number of carbonyl (C=O) groups excluding carboxylic acids is 1. The zero-order chi connectivity index (χ0) is 17.8. The average Bonchev–Trinajstić information content (AvgIpc) is 3.01. The molecule has 25 heavy (non-hydrogen) atoms. The fourth-order valence-corrected chi connectivity index (χ4v) is 2.63. The molecule has 0 saturated carbocycles. The normalized spacial score (nSPS) is 11.4. The molecule has 0 spiro atoms. The molecule has 1 aromatic carbocycles. The molecule has 0 N–H and O–H groups in total. The average molecular weight is 336 g/mol. The number of nitrogens with zero attached hydrogens (tertiary/aromatic N) is 4. The molecule has 0 aliphatic rings. The highest BCUT2D eigenvalue weighted by Crippen LogP contribution is 2.33. The van der Waals surface area contributed by atoms with Crippen molar-refractivity contribution < 1.29 is 9.18 Å². The quantitative estimate of drug-likeness (QED) is 0.525. The van der Waals surface area contributed by atoms with E-state index in [1.165, 1.54) is 18.2 Å². The van der Waals surface area contributed by atoms with Crippen LogP contribution in [-0.2, 0) is 4.79 Å². The molecule has 3 aromatic rings. The summed E-state index contributed by atoms with van der Waals surface area (Å²) in [5.74, 6) is 0.362. The van der Waals surface area contributed by atoms with Crippen LogP contribution in [0.15, 0.2) is 48.9 Å². The predicted octanol–water partition coefficient (Wildman–Crippen LogP) is 3.80. The topological polar surface area (TPSA) is 60.7 Å². The van der Waals surface area contributed by atoms with Crippen LogP contribution < -0.4 is 0 Å². The van der Waals surface area contributed by atoms with Crippen molar-refractivity contribution in [1.82, 2.24) is 19.7 Å². The second-order valence-corrected chi connectivity index (χ2v) is 5.78. The maximum Gasteiger partial charge on any atom is 0.172 e. The molecule has 0 fully saturated rings. The SMILES string of the molecule is CC(C)c1nn(-c2cnccn2)c(-c2ccc(F)cc2)c1/C=C/C=O. The van der Waals surface area contributed by atoms with E-state index in [9.17, 15) is 9.18 Å². The van der Waals surface area contributed by atoms with Crippen LogP contribution in [0.4, 0.5) is 4.39 Å². The van der Waals surface area contributed by atoms with Crippen molar-refractivity contribution in [2.24, 2.45) is 0 Å². The zero-order valence-electron chi connectivity index (χ0n) is 13.9. The number of aldehydes is 1. The summed E-state index contributed by atoms with van der Waals surface area (Å²) in [5, 5.41) is 4.68. The number of halogens is 1. The van der Waals surface area contributed by atoms with Crippen LogP contribution in [0.3, 0.4) is 0 Å². The molecule has 0 amide bonds. The van der Waals surface area contributed by atoms with Crippen molar-refractivity contribution in [1.29, 1.82) is 0 Å². The Morgan fingerprint density at radius 3 is 2.52 bits per heavy atom.